The molecule has 2 atom stereocenters. The Kier molecular flexibility index (Phi) is 4.08. The van der Waals surface area contributed by atoms with Gasteiger partial charge < -0.3 is 5.32 Å². The minimum atomic E-state index is -3.40. The molecule has 2 aliphatic rings. The Labute approximate surface area is 137 Å². The number of amides is 1. The van der Waals surface area contributed by atoms with Crippen LogP contribution in [0.1, 0.15) is 55.2 Å². The number of aromatic nitrogens is 1. The molecular formula is C16H23N3O3S. The summed E-state index contributed by atoms with van der Waals surface area (Å²) in [6, 6.07) is 1.93. The van der Waals surface area contributed by atoms with Gasteiger partial charge >= 0.3 is 0 Å². The average Bonchev–Trinajstić information content (AvgIpc) is 2.69. The van der Waals surface area contributed by atoms with Crippen LogP contribution in [0, 0.1) is 5.92 Å². The number of hydrogen-bond acceptors (Lipinski definition) is 4. The van der Waals surface area contributed by atoms with Crippen LogP contribution < -0.4 is 10.0 Å². The Bertz CT molecular complexity index is 743. The predicted molar refractivity (Wildman–Crippen MR) is 89.0 cm³/mol. The maximum atomic E-state index is 12.5. The molecule has 0 bridgehead atoms. The molecular weight excluding hydrogens is 314 g/mol. The zero-order valence-corrected chi connectivity index (χ0v) is 14.5. The highest BCUT2D eigenvalue weighted by atomic mass is 32.2. The van der Waals surface area contributed by atoms with E-state index in [2.05, 4.69) is 28.9 Å². The smallest absolute Gasteiger partial charge is 0.253 e. The number of nitrogens with one attached hydrogen (secondary N) is 2. The minimum Gasteiger partial charge on any atom is -0.349 e. The Hall–Kier alpha value is -1.63. The standard InChI is InChI=1S/C16H23N3O3S/c1-9(2)13-6-7-14-12(16(20)18-13)8-11-5-4-10(3)23(21,22)19-15(11)17-14/h8-10,13H,4-7H2,1-3H3,(H,17,19)(H,18,20). The molecule has 7 heteroatoms. The lowest BCUT2D eigenvalue weighted by Crippen LogP contribution is -2.37. The van der Waals surface area contributed by atoms with Crippen molar-refractivity contribution in [3.63, 3.8) is 0 Å². The lowest BCUT2D eigenvalue weighted by molar-refractivity contribution is 0.0928. The highest BCUT2D eigenvalue weighted by Crippen LogP contribution is 2.28. The SMILES string of the molecule is CC(C)C1CCc2nc3c(cc2C(=O)N1)CCC(C)S(=O)(=O)N3. The summed E-state index contributed by atoms with van der Waals surface area (Å²) in [5.74, 6) is 0.640. The number of carbonyl (C=O) groups is 1. The third-order valence-electron chi connectivity index (χ3n) is 4.83. The second-order valence-corrected chi connectivity index (χ2v) is 8.95. The van der Waals surface area contributed by atoms with E-state index in [1.807, 2.05) is 6.07 Å². The van der Waals surface area contributed by atoms with Crippen LogP contribution in [-0.2, 0) is 22.9 Å². The molecule has 2 aliphatic heterocycles. The first kappa shape index (κ1) is 16.2. The third-order valence-corrected chi connectivity index (χ3v) is 6.60. The summed E-state index contributed by atoms with van der Waals surface area (Å²) < 4.78 is 26.9. The summed E-state index contributed by atoms with van der Waals surface area (Å²) in [5.41, 5.74) is 2.07. The summed E-state index contributed by atoms with van der Waals surface area (Å²) in [6.07, 6.45) is 2.61. The summed E-state index contributed by atoms with van der Waals surface area (Å²) in [5, 5.41) is 2.60. The normalized spacial score (nSPS) is 26.3. The molecule has 3 rings (SSSR count). The van der Waals surface area contributed by atoms with E-state index in [4.69, 9.17) is 0 Å². The van der Waals surface area contributed by atoms with Crippen LogP contribution >= 0.6 is 0 Å². The first-order chi connectivity index (χ1) is 10.8. The van der Waals surface area contributed by atoms with Crippen molar-refractivity contribution >= 4 is 21.7 Å². The van der Waals surface area contributed by atoms with E-state index in [0.29, 0.717) is 42.3 Å². The van der Waals surface area contributed by atoms with Crippen molar-refractivity contribution < 1.29 is 13.2 Å². The number of aryl methyl sites for hydroxylation is 2. The quantitative estimate of drug-likeness (QED) is 0.819. The number of sulfonamides is 1. The number of hydrogen-bond donors (Lipinski definition) is 2. The predicted octanol–water partition coefficient (Wildman–Crippen LogP) is 1.86. The van der Waals surface area contributed by atoms with Crippen molar-refractivity contribution in [2.75, 3.05) is 4.72 Å². The lowest BCUT2D eigenvalue weighted by atomic mass is 9.99. The molecule has 0 aromatic carbocycles. The number of nitrogens with zero attached hydrogens (tertiary/aromatic N) is 1. The largest absolute Gasteiger partial charge is 0.349 e. The van der Waals surface area contributed by atoms with Crippen LogP contribution in [0.25, 0.3) is 0 Å². The van der Waals surface area contributed by atoms with Crippen molar-refractivity contribution in [1.29, 1.82) is 0 Å². The second kappa shape index (κ2) is 5.78. The number of anilines is 1. The second-order valence-electron chi connectivity index (χ2n) is 6.85. The van der Waals surface area contributed by atoms with Crippen LogP contribution in [0.2, 0.25) is 0 Å². The van der Waals surface area contributed by atoms with Crippen LogP contribution in [0.5, 0.6) is 0 Å². The van der Waals surface area contributed by atoms with E-state index in [-0.39, 0.29) is 11.9 Å². The maximum absolute atomic E-state index is 12.5. The molecule has 0 fully saturated rings. The van der Waals surface area contributed by atoms with Gasteiger partial charge in [-0.1, -0.05) is 13.8 Å². The molecule has 1 aromatic heterocycles. The molecule has 6 nitrogen and oxygen atoms in total. The van der Waals surface area contributed by atoms with Crippen LogP contribution in [0.4, 0.5) is 5.82 Å². The van der Waals surface area contributed by atoms with Gasteiger partial charge in [0.2, 0.25) is 10.0 Å². The molecule has 0 saturated heterocycles. The number of rotatable bonds is 1. The van der Waals surface area contributed by atoms with E-state index in [1.165, 1.54) is 0 Å². The minimum absolute atomic E-state index is 0.105. The van der Waals surface area contributed by atoms with Gasteiger partial charge in [-0.3, -0.25) is 9.52 Å². The summed E-state index contributed by atoms with van der Waals surface area (Å²) >= 11 is 0. The van der Waals surface area contributed by atoms with Gasteiger partial charge in [-0.05, 0) is 50.2 Å². The fourth-order valence-electron chi connectivity index (χ4n) is 3.12. The fourth-order valence-corrected chi connectivity index (χ4v) is 4.19. The van der Waals surface area contributed by atoms with E-state index in [1.54, 1.807) is 6.92 Å². The number of fused-ring (bicyclic) bond motifs is 2. The average molecular weight is 337 g/mol. The molecule has 0 radical (unpaired) electrons. The molecule has 23 heavy (non-hydrogen) atoms. The van der Waals surface area contributed by atoms with Gasteiger partial charge in [0.15, 0.2) is 0 Å². The summed E-state index contributed by atoms with van der Waals surface area (Å²) in [4.78, 5) is 17.0. The molecule has 2 N–H and O–H groups in total. The molecule has 2 unspecified atom stereocenters. The molecule has 126 valence electrons. The number of pyridine rings is 1. The van der Waals surface area contributed by atoms with E-state index in [0.717, 1.165) is 12.0 Å². The molecule has 1 amide bonds. The monoisotopic (exact) mass is 337 g/mol. The molecule has 1 aromatic rings. The summed E-state index contributed by atoms with van der Waals surface area (Å²) in [7, 11) is -3.40. The van der Waals surface area contributed by atoms with Gasteiger partial charge in [-0.2, -0.15) is 0 Å². The van der Waals surface area contributed by atoms with E-state index in [9.17, 15) is 13.2 Å². The Morgan fingerprint density at radius 3 is 2.70 bits per heavy atom. The van der Waals surface area contributed by atoms with Crippen molar-refractivity contribution in [2.24, 2.45) is 5.92 Å². The Morgan fingerprint density at radius 1 is 1.26 bits per heavy atom. The van der Waals surface area contributed by atoms with Crippen LogP contribution in [-0.4, -0.2) is 30.6 Å². The van der Waals surface area contributed by atoms with Gasteiger partial charge in [0.25, 0.3) is 5.91 Å². The van der Waals surface area contributed by atoms with Crippen molar-refractivity contribution in [3.8, 4) is 0 Å². The van der Waals surface area contributed by atoms with Crippen LogP contribution in [0.3, 0.4) is 0 Å². The van der Waals surface area contributed by atoms with E-state index >= 15 is 0 Å². The number of carbonyl (C=O) groups excluding carboxylic acids is 1. The van der Waals surface area contributed by atoms with Gasteiger partial charge in [-0.15, -0.1) is 0 Å². The van der Waals surface area contributed by atoms with Gasteiger partial charge in [0.05, 0.1) is 16.5 Å². The van der Waals surface area contributed by atoms with Gasteiger partial charge in [-0.25, -0.2) is 13.4 Å². The highest BCUT2D eigenvalue weighted by molar-refractivity contribution is 7.93. The topological polar surface area (TPSA) is 88.2 Å². The van der Waals surface area contributed by atoms with E-state index < -0.39 is 15.3 Å². The Balaban J connectivity index is 2.01. The Morgan fingerprint density at radius 2 is 2.00 bits per heavy atom. The highest BCUT2D eigenvalue weighted by Gasteiger charge is 2.30. The summed E-state index contributed by atoms with van der Waals surface area (Å²) in [6.45, 7) is 5.86. The lowest BCUT2D eigenvalue weighted by Gasteiger charge is -2.19. The molecule has 3 heterocycles. The fraction of sp³-hybridized carbons (Fsp3) is 0.625. The van der Waals surface area contributed by atoms with Crippen molar-refractivity contribution in [2.45, 2.75) is 57.7 Å². The maximum Gasteiger partial charge on any atom is 0.253 e. The van der Waals surface area contributed by atoms with Crippen LogP contribution in [0.15, 0.2) is 6.07 Å². The van der Waals surface area contributed by atoms with Crippen molar-refractivity contribution in [1.82, 2.24) is 10.3 Å². The van der Waals surface area contributed by atoms with Crippen molar-refractivity contribution in [3.05, 3.63) is 22.9 Å². The zero-order chi connectivity index (χ0) is 16.8. The van der Waals surface area contributed by atoms with Gasteiger partial charge in [0.1, 0.15) is 5.82 Å². The third kappa shape index (κ3) is 3.06. The molecule has 0 aliphatic carbocycles. The first-order valence-electron chi connectivity index (χ1n) is 8.13. The van der Waals surface area contributed by atoms with Gasteiger partial charge in [0, 0.05) is 6.04 Å². The molecule has 0 spiro atoms. The molecule has 0 saturated carbocycles. The zero-order valence-electron chi connectivity index (χ0n) is 13.7. The first-order valence-corrected chi connectivity index (χ1v) is 9.68.